The number of allylic oxidation sites excluding steroid dienone is 24. The van der Waals surface area contributed by atoms with E-state index in [9.17, 15) is 43.5 Å². The van der Waals surface area contributed by atoms with E-state index in [1.54, 1.807) is 0 Å². The van der Waals surface area contributed by atoms with Gasteiger partial charge in [0.2, 0.25) is 0 Å². The minimum Gasteiger partial charge on any atom is -0.463 e. The maximum absolute atomic E-state index is 13.0. The van der Waals surface area contributed by atoms with Crippen LogP contribution in [-0.4, -0.2) is 95.9 Å². The van der Waals surface area contributed by atoms with Crippen LogP contribution in [-0.2, 0) is 55.8 Å². The lowest BCUT2D eigenvalue weighted by atomic mass is 10.0. The van der Waals surface area contributed by atoms with Gasteiger partial charge in [0.1, 0.15) is 25.4 Å². The highest BCUT2D eigenvalue weighted by atomic mass is 31.2. The number of aliphatic hydroxyl groups is 2. The third kappa shape index (κ3) is 90.0. The van der Waals surface area contributed by atoms with Crippen molar-refractivity contribution in [2.24, 2.45) is 0 Å². The van der Waals surface area contributed by atoms with Crippen molar-refractivity contribution < 1.29 is 75.8 Å². The third-order valence-electron chi connectivity index (χ3n) is 19.5. The van der Waals surface area contributed by atoms with Crippen LogP contribution in [0.1, 0.15) is 393 Å². The molecular weight excluding hydrogens is 1480 g/mol. The quantitative estimate of drug-likeness (QED) is 0.0146. The molecule has 0 aromatic carbocycles. The molecule has 0 spiro atoms. The largest absolute Gasteiger partial charge is 0.472 e. The molecule has 4 N–H and O–H groups in total. The number of esters is 3. The average molecular weight is 1650 g/mol. The summed E-state index contributed by atoms with van der Waals surface area (Å²) in [7, 11) is -9.81. The molecule has 18 heteroatoms. The fourth-order valence-electron chi connectivity index (χ4n) is 12.5. The first-order valence-electron chi connectivity index (χ1n) is 46.1. The fraction of sp³-hybridized carbons (Fsp3) is 0.722. The van der Waals surface area contributed by atoms with Crippen molar-refractivity contribution in [1.82, 2.24) is 0 Å². The Balaban J connectivity index is 4.53. The van der Waals surface area contributed by atoms with Crippen molar-refractivity contribution in [2.45, 2.75) is 411 Å². The third-order valence-corrected chi connectivity index (χ3v) is 21.4. The standard InChI is InChI=1S/C97H168O16P2/c1-4-7-10-13-16-19-22-25-28-31-34-36-38-40-42-43-44-45-46-47-49-51-52-54-57-59-62-65-68-71-74-77-80-83-95(100)107-86-92(98)87-109-114(103,104)110-88-93(99)89-111-115(105,106)112-91-94(113-97(102)85-82-79-76-73-70-67-64-61-56-33-30-27-24-21-18-15-12-9-6-3)90-108-96(101)84-81-78-75-72-69-66-63-60-58-55-53-50-48-41-39-37-35-32-29-26-23-20-17-14-11-8-5-2/h9,12,16-21,25-30,34-37,40-42,48,56,61,92-94,98-99H,4-8,10-11,13-15,22-24,31-33,38-39,43-47,49-55,57-60,62-91H2,1-3H3,(H,103,104)(H,105,106)/b12-9-,19-16-,20-17-,21-18-,28-25-,29-26-,30-27-,36-34-,37-35-,42-40-,48-41-,61-56-. The summed E-state index contributed by atoms with van der Waals surface area (Å²) in [5.41, 5.74) is 0. The lowest BCUT2D eigenvalue weighted by Gasteiger charge is -2.21. The van der Waals surface area contributed by atoms with Crippen LogP contribution in [0.2, 0.25) is 0 Å². The van der Waals surface area contributed by atoms with E-state index < -0.39 is 91.5 Å². The predicted molar refractivity (Wildman–Crippen MR) is 482 cm³/mol. The van der Waals surface area contributed by atoms with Crippen molar-refractivity contribution in [3.63, 3.8) is 0 Å². The number of carbonyl (C=O) groups excluding carboxylic acids is 3. The Kier molecular flexibility index (Phi) is 85.2. The number of carbonyl (C=O) groups is 3. The smallest absolute Gasteiger partial charge is 0.463 e. The zero-order valence-electron chi connectivity index (χ0n) is 72.9. The van der Waals surface area contributed by atoms with Crippen LogP contribution in [0.25, 0.3) is 0 Å². The first-order valence-corrected chi connectivity index (χ1v) is 49.1. The second-order valence-electron chi connectivity index (χ2n) is 30.7. The van der Waals surface area contributed by atoms with Gasteiger partial charge in [0.15, 0.2) is 6.10 Å². The van der Waals surface area contributed by atoms with Crippen LogP contribution >= 0.6 is 15.6 Å². The van der Waals surface area contributed by atoms with Crippen LogP contribution in [0.5, 0.6) is 0 Å². The molecule has 0 aromatic heterocycles. The minimum absolute atomic E-state index is 0.0851. The highest BCUT2D eigenvalue weighted by Gasteiger charge is 2.29. The number of hydrogen-bond acceptors (Lipinski definition) is 14. The Labute approximate surface area is 702 Å². The molecule has 0 saturated carbocycles. The number of phosphoric acid groups is 2. The molecule has 0 aliphatic rings. The van der Waals surface area contributed by atoms with Crippen LogP contribution in [0, 0.1) is 0 Å². The molecule has 0 amide bonds. The fourth-order valence-corrected chi connectivity index (χ4v) is 14.1. The van der Waals surface area contributed by atoms with E-state index in [2.05, 4.69) is 167 Å². The Hall–Kier alpha value is -4.57. The van der Waals surface area contributed by atoms with Gasteiger partial charge in [-0.1, -0.05) is 372 Å². The molecule has 0 bridgehead atoms. The molecule has 0 radical (unpaired) electrons. The molecule has 0 rings (SSSR count). The lowest BCUT2D eigenvalue weighted by Crippen LogP contribution is -2.30. The van der Waals surface area contributed by atoms with Crippen LogP contribution in [0.3, 0.4) is 0 Å². The Morgan fingerprint density at radius 1 is 0.252 bits per heavy atom. The summed E-state index contributed by atoms with van der Waals surface area (Å²) >= 11 is 0. The maximum Gasteiger partial charge on any atom is 0.472 e. The van der Waals surface area contributed by atoms with E-state index in [4.69, 9.17) is 32.3 Å². The normalized spacial score (nSPS) is 14.5. The first kappa shape index (κ1) is 110. The lowest BCUT2D eigenvalue weighted by molar-refractivity contribution is -0.161. The zero-order valence-corrected chi connectivity index (χ0v) is 74.7. The molecule has 5 atom stereocenters. The molecule has 0 aliphatic carbocycles. The molecule has 0 fully saturated rings. The molecular formula is C97H168O16P2. The summed E-state index contributed by atoms with van der Waals surface area (Å²) in [6.45, 7) is 2.54. The first-order chi connectivity index (χ1) is 56.2. The van der Waals surface area contributed by atoms with E-state index in [1.807, 2.05) is 0 Å². The molecule has 16 nitrogen and oxygen atoms in total. The van der Waals surface area contributed by atoms with Gasteiger partial charge in [0.25, 0.3) is 0 Å². The summed E-state index contributed by atoms with van der Waals surface area (Å²) in [4.78, 5) is 59.0. The number of ether oxygens (including phenoxy) is 3. The molecule has 5 unspecified atom stereocenters. The molecule has 0 heterocycles. The number of aliphatic hydroxyl groups excluding tert-OH is 2. The highest BCUT2D eigenvalue weighted by Crippen LogP contribution is 2.45. The highest BCUT2D eigenvalue weighted by molar-refractivity contribution is 7.47. The van der Waals surface area contributed by atoms with Gasteiger partial charge in [-0.05, 0) is 148 Å². The minimum atomic E-state index is -4.95. The summed E-state index contributed by atoms with van der Waals surface area (Å²) in [5, 5.41) is 20.7. The van der Waals surface area contributed by atoms with Crippen molar-refractivity contribution in [3.8, 4) is 0 Å². The molecule has 0 aromatic rings. The Bertz CT molecular complexity index is 2670. The number of phosphoric ester groups is 2. The summed E-state index contributed by atoms with van der Waals surface area (Å²) < 4.78 is 61.4. The van der Waals surface area contributed by atoms with Crippen LogP contribution in [0.15, 0.2) is 146 Å². The van der Waals surface area contributed by atoms with Gasteiger partial charge in [0.05, 0.1) is 26.4 Å². The van der Waals surface area contributed by atoms with Gasteiger partial charge in [-0.25, -0.2) is 9.13 Å². The number of hydrogen-bond donors (Lipinski definition) is 4. The second-order valence-corrected chi connectivity index (χ2v) is 33.6. The van der Waals surface area contributed by atoms with Crippen molar-refractivity contribution in [1.29, 1.82) is 0 Å². The molecule has 0 aliphatic heterocycles. The molecule has 0 saturated heterocycles. The summed E-state index contributed by atoms with van der Waals surface area (Å²) in [6, 6.07) is 0. The van der Waals surface area contributed by atoms with Gasteiger partial charge in [-0.15, -0.1) is 0 Å². The Morgan fingerprint density at radius 2 is 0.461 bits per heavy atom. The second kappa shape index (κ2) is 88.7. The molecule has 662 valence electrons. The van der Waals surface area contributed by atoms with Crippen molar-refractivity contribution in [2.75, 3.05) is 39.6 Å². The Morgan fingerprint density at radius 3 is 0.730 bits per heavy atom. The number of unbranched alkanes of at least 4 members (excludes halogenated alkanes) is 40. The van der Waals surface area contributed by atoms with E-state index in [1.165, 1.54) is 180 Å². The average Bonchev–Trinajstić information content (AvgIpc) is 0.893. The van der Waals surface area contributed by atoms with E-state index in [0.29, 0.717) is 19.3 Å². The van der Waals surface area contributed by atoms with Crippen molar-refractivity contribution >= 4 is 33.6 Å². The van der Waals surface area contributed by atoms with Gasteiger partial charge < -0.3 is 34.2 Å². The monoisotopic (exact) mass is 1650 g/mol. The SMILES string of the molecule is CC/C=C\C/C=C\C/C=C\C/C=C\CCCCCCCCC(=O)OC(COC(=O)CCCCCCCCCCCCC/C=C\C/C=C\C/C=C\C/C=C\CCCCC)COP(=O)(O)OCC(O)COP(=O)(O)OCC(O)COC(=O)CCCCCCCCCCCCCCCCCCC/C=C\C/C=C\C/C=C\C/C=C\CCCCC. The topological polar surface area (TPSA) is 231 Å². The summed E-state index contributed by atoms with van der Waals surface area (Å²) in [6.07, 6.45) is 112. The maximum atomic E-state index is 13.0. The van der Waals surface area contributed by atoms with Crippen molar-refractivity contribution in [3.05, 3.63) is 146 Å². The van der Waals surface area contributed by atoms with Gasteiger partial charge in [0, 0.05) is 19.3 Å². The van der Waals surface area contributed by atoms with Gasteiger partial charge >= 0.3 is 33.6 Å². The van der Waals surface area contributed by atoms with Crippen LogP contribution < -0.4 is 0 Å². The van der Waals surface area contributed by atoms with Gasteiger partial charge in [-0.3, -0.25) is 32.5 Å². The van der Waals surface area contributed by atoms with E-state index in [-0.39, 0.29) is 19.3 Å². The number of rotatable bonds is 87. The molecule has 115 heavy (non-hydrogen) atoms. The van der Waals surface area contributed by atoms with E-state index >= 15 is 0 Å². The van der Waals surface area contributed by atoms with E-state index in [0.717, 1.165) is 154 Å². The van der Waals surface area contributed by atoms with Crippen LogP contribution in [0.4, 0.5) is 0 Å². The summed E-state index contributed by atoms with van der Waals surface area (Å²) in [5.74, 6) is -1.58. The predicted octanol–water partition coefficient (Wildman–Crippen LogP) is 28.3. The zero-order chi connectivity index (χ0) is 83.6. The van der Waals surface area contributed by atoms with Gasteiger partial charge in [-0.2, -0.15) is 0 Å².